The Balaban J connectivity index is 1.03. The van der Waals surface area contributed by atoms with E-state index in [4.69, 9.17) is 0 Å². The van der Waals surface area contributed by atoms with Crippen LogP contribution >= 0.6 is 0 Å². The Morgan fingerprint density at radius 1 is 0.449 bits per heavy atom. The van der Waals surface area contributed by atoms with E-state index in [1.54, 1.807) is 0 Å². The van der Waals surface area contributed by atoms with Crippen molar-refractivity contribution in [2.75, 3.05) is 4.90 Å². The van der Waals surface area contributed by atoms with Gasteiger partial charge in [0.2, 0.25) is 0 Å². The molecule has 0 amide bonds. The monoisotopic (exact) mass is 892 g/mol. The quantitative estimate of drug-likeness (QED) is 0.148. The normalized spacial score (nSPS) is 16.0. The van der Waals surface area contributed by atoms with Crippen molar-refractivity contribution < 1.29 is 0 Å². The molecule has 0 aliphatic heterocycles. The van der Waals surface area contributed by atoms with E-state index in [2.05, 4.69) is 217 Å². The second-order valence-electron chi connectivity index (χ2n) is 20.9. The first-order valence-corrected chi connectivity index (χ1v) is 25.9. The minimum absolute atomic E-state index is 0.146. The lowest BCUT2D eigenvalue weighted by atomic mass is 9.82. The minimum Gasteiger partial charge on any atom is -0.310 e. The SMILES string of the molecule is CC1(C)c2ccccc2-c2ccc(N(c3ccc(-c4ccc(C5CCCCC5)cc4)cc3)c3ccc4ccccc4c3-c3ccccc3-n3c4ccccc4c4cccc(C5CCCCC5)c43)cc21. The number of aromatic nitrogens is 1. The topological polar surface area (TPSA) is 8.17 Å². The first-order valence-electron chi connectivity index (χ1n) is 25.9. The average molecular weight is 893 g/mol. The summed E-state index contributed by atoms with van der Waals surface area (Å²) in [6.07, 6.45) is 13.1. The maximum atomic E-state index is 2.63. The van der Waals surface area contributed by atoms with E-state index in [1.165, 1.54) is 158 Å². The number of fused-ring (bicyclic) bond motifs is 7. The molecule has 0 bridgehead atoms. The van der Waals surface area contributed by atoms with Crippen molar-refractivity contribution in [3.05, 3.63) is 216 Å². The van der Waals surface area contributed by atoms with Crippen molar-refractivity contribution in [2.45, 2.75) is 95.3 Å². The number of rotatable bonds is 8. The number of nitrogens with zero attached hydrogens (tertiary/aromatic N) is 2. The molecular weight excluding hydrogens is 833 g/mol. The molecule has 3 aliphatic rings. The number of hydrogen-bond acceptors (Lipinski definition) is 1. The summed E-state index contributed by atoms with van der Waals surface area (Å²) in [6.45, 7) is 4.79. The molecule has 0 radical (unpaired) electrons. The highest BCUT2D eigenvalue weighted by molar-refractivity contribution is 6.13. The zero-order chi connectivity index (χ0) is 46.1. The van der Waals surface area contributed by atoms with Crippen LogP contribution in [0.25, 0.3) is 71.6 Å². The van der Waals surface area contributed by atoms with Crippen LogP contribution in [-0.2, 0) is 5.41 Å². The van der Waals surface area contributed by atoms with Crippen LogP contribution in [0, 0.1) is 0 Å². The van der Waals surface area contributed by atoms with Crippen LogP contribution in [0.1, 0.15) is 112 Å². The van der Waals surface area contributed by atoms with Gasteiger partial charge in [0.25, 0.3) is 0 Å². The summed E-state index contributed by atoms with van der Waals surface area (Å²) in [5, 5.41) is 5.12. The van der Waals surface area contributed by atoms with Crippen molar-refractivity contribution >= 4 is 49.6 Å². The smallest absolute Gasteiger partial charge is 0.0576 e. The van der Waals surface area contributed by atoms with E-state index in [0.29, 0.717) is 11.8 Å². The summed E-state index contributed by atoms with van der Waals surface area (Å²) in [4.78, 5) is 2.55. The van der Waals surface area contributed by atoms with Crippen molar-refractivity contribution in [1.29, 1.82) is 0 Å². The Labute approximate surface area is 407 Å². The fourth-order valence-electron chi connectivity index (χ4n) is 13.1. The summed E-state index contributed by atoms with van der Waals surface area (Å²) in [5.74, 6) is 1.25. The van der Waals surface area contributed by atoms with E-state index in [-0.39, 0.29) is 5.41 Å². The van der Waals surface area contributed by atoms with E-state index >= 15 is 0 Å². The molecule has 0 N–H and O–H groups in total. The van der Waals surface area contributed by atoms with E-state index in [9.17, 15) is 0 Å². The summed E-state index contributed by atoms with van der Waals surface area (Å²) < 4.78 is 2.63. The maximum Gasteiger partial charge on any atom is 0.0576 e. The molecule has 13 rings (SSSR count). The zero-order valence-corrected chi connectivity index (χ0v) is 40.1. The molecule has 1 aromatic heterocycles. The molecule has 9 aromatic carbocycles. The highest BCUT2D eigenvalue weighted by atomic mass is 15.1. The van der Waals surface area contributed by atoms with Crippen LogP contribution in [0.4, 0.5) is 17.1 Å². The zero-order valence-electron chi connectivity index (χ0n) is 40.1. The van der Waals surface area contributed by atoms with Crippen LogP contribution in [0.5, 0.6) is 0 Å². The maximum absolute atomic E-state index is 2.63. The van der Waals surface area contributed by atoms with Crippen molar-refractivity contribution in [1.82, 2.24) is 4.57 Å². The molecule has 0 spiro atoms. The van der Waals surface area contributed by atoms with Crippen LogP contribution in [0.15, 0.2) is 194 Å². The molecule has 338 valence electrons. The van der Waals surface area contributed by atoms with Gasteiger partial charge in [0, 0.05) is 38.7 Å². The molecule has 0 unspecified atom stereocenters. The standard InChI is InChI=1S/C67H60N2/c1-67(2)60-29-14-11-24-55(60)56-42-41-52(44-61(56)67)68(51-39-36-48(37-40-51)47-34-32-46(33-35-47)45-18-5-3-6-19-45)64-43-38-50-22-9-10-23-53(50)65(64)59-26-13-16-31-63(59)69-62-30-15-12-25-57(62)58-28-17-27-54(66(58)69)49-20-7-4-8-21-49/h9-17,22-45,49H,3-8,18-21H2,1-2H3. The largest absolute Gasteiger partial charge is 0.310 e. The van der Waals surface area contributed by atoms with Gasteiger partial charge in [-0.25, -0.2) is 0 Å². The number of para-hydroxylation sites is 3. The molecule has 0 saturated heterocycles. The summed E-state index contributed by atoms with van der Waals surface area (Å²) in [5.41, 5.74) is 20.5. The lowest BCUT2D eigenvalue weighted by molar-refractivity contribution is 0.443. The molecule has 3 aliphatic carbocycles. The first-order chi connectivity index (χ1) is 34.0. The Kier molecular flexibility index (Phi) is 10.4. The summed E-state index contributed by atoms with van der Waals surface area (Å²) in [6, 6.07) is 74.3. The summed E-state index contributed by atoms with van der Waals surface area (Å²) >= 11 is 0. The number of hydrogen-bond donors (Lipinski definition) is 0. The van der Waals surface area contributed by atoms with Crippen molar-refractivity contribution in [3.63, 3.8) is 0 Å². The summed E-state index contributed by atoms with van der Waals surface area (Å²) in [7, 11) is 0. The van der Waals surface area contributed by atoms with Gasteiger partial charge in [-0.05, 0) is 135 Å². The molecular formula is C67H60N2. The highest BCUT2D eigenvalue weighted by Gasteiger charge is 2.36. The Morgan fingerprint density at radius 3 is 1.84 bits per heavy atom. The molecule has 69 heavy (non-hydrogen) atoms. The number of anilines is 3. The molecule has 10 aromatic rings. The lowest BCUT2D eigenvalue weighted by Crippen LogP contribution is -2.17. The highest BCUT2D eigenvalue weighted by Crippen LogP contribution is 2.53. The van der Waals surface area contributed by atoms with E-state index in [1.807, 2.05) is 0 Å². The van der Waals surface area contributed by atoms with Crippen LogP contribution in [-0.4, -0.2) is 4.57 Å². The van der Waals surface area contributed by atoms with Gasteiger partial charge in [-0.3, -0.25) is 0 Å². The van der Waals surface area contributed by atoms with Crippen LogP contribution in [0.2, 0.25) is 0 Å². The predicted molar refractivity (Wildman–Crippen MR) is 293 cm³/mol. The van der Waals surface area contributed by atoms with Crippen LogP contribution in [0.3, 0.4) is 0 Å². The van der Waals surface area contributed by atoms with Gasteiger partial charge in [-0.15, -0.1) is 0 Å². The fourth-order valence-corrected chi connectivity index (χ4v) is 13.1. The molecule has 0 atom stereocenters. The van der Waals surface area contributed by atoms with Gasteiger partial charge in [0.05, 0.1) is 22.4 Å². The Morgan fingerprint density at radius 2 is 1.06 bits per heavy atom. The van der Waals surface area contributed by atoms with Gasteiger partial charge in [0.15, 0.2) is 0 Å². The molecule has 2 saturated carbocycles. The second kappa shape index (κ2) is 17.1. The third-order valence-corrected chi connectivity index (χ3v) is 16.6. The van der Waals surface area contributed by atoms with Crippen molar-refractivity contribution in [2.24, 2.45) is 0 Å². The Hall–Kier alpha value is -7.16. The minimum atomic E-state index is -0.146. The van der Waals surface area contributed by atoms with Crippen molar-refractivity contribution in [3.8, 4) is 39.1 Å². The van der Waals surface area contributed by atoms with E-state index < -0.39 is 0 Å². The molecule has 2 nitrogen and oxygen atoms in total. The van der Waals surface area contributed by atoms with Gasteiger partial charge in [-0.2, -0.15) is 0 Å². The third-order valence-electron chi connectivity index (χ3n) is 16.6. The second-order valence-corrected chi connectivity index (χ2v) is 20.9. The number of benzene rings is 9. The van der Waals surface area contributed by atoms with Gasteiger partial charge in [-0.1, -0.05) is 204 Å². The fraction of sp³-hybridized carbons (Fsp3) is 0.224. The van der Waals surface area contributed by atoms with Gasteiger partial charge >= 0.3 is 0 Å². The third kappa shape index (κ3) is 7.05. The molecule has 2 fully saturated rings. The average Bonchev–Trinajstić information content (AvgIpc) is 3.87. The molecule has 2 heteroatoms. The van der Waals surface area contributed by atoms with Crippen LogP contribution < -0.4 is 4.90 Å². The Bertz CT molecular complexity index is 3540. The predicted octanol–water partition coefficient (Wildman–Crippen LogP) is 19.1. The van der Waals surface area contributed by atoms with Gasteiger partial charge in [0.1, 0.15) is 0 Å². The van der Waals surface area contributed by atoms with E-state index in [0.717, 1.165) is 17.1 Å². The molecule has 1 heterocycles. The van der Waals surface area contributed by atoms with Gasteiger partial charge < -0.3 is 9.47 Å². The first kappa shape index (κ1) is 42.0. The lowest BCUT2D eigenvalue weighted by Gasteiger charge is -2.31.